The van der Waals surface area contributed by atoms with Crippen molar-refractivity contribution in [1.82, 2.24) is 0 Å². The molecule has 2 heterocycles. The fraction of sp³-hybridized carbons (Fsp3) is 0.235. The monoisotopic (exact) mass is 283 g/mol. The molecule has 3 nitrogen and oxygen atoms in total. The molecule has 1 atom stereocenters. The standard InChI is InChI=1S/C17H14FNO2/c1-17-9-10-3-5-12(21-2)8-15(10)19(17)14-6-4-11(18)7-13(14)16(17)20/h3-8H,9H2,1-2H3. The number of carbonyl (C=O) groups excluding carboxylic acids is 1. The van der Waals surface area contributed by atoms with Gasteiger partial charge >= 0.3 is 0 Å². The molecule has 4 rings (SSSR count). The molecule has 2 aliphatic heterocycles. The zero-order chi connectivity index (χ0) is 14.8. The topological polar surface area (TPSA) is 29.5 Å². The maximum absolute atomic E-state index is 13.5. The van der Waals surface area contributed by atoms with Crippen molar-refractivity contribution in [2.45, 2.75) is 18.9 Å². The number of ketones is 1. The minimum atomic E-state index is -0.662. The van der Waals surface area contributed by atoms with Crippen LogP contribution in [0.3, 0.4) is 0 Å². The largest absolute Gasteiger partial charge is 0.497 e. The van der Waals surface area contributed by atoms with Crippen molar-refractivity contribution in [2.75, 3.05) is 12.0 Å². The SMILES string of the molecule is COc1ccc2c(c1)N1c3ccc(F)cc3C(=O)C1(C)C2. The number of rotatable bonds is 1. The molecule has 0 saturated carbocycles. The molecular formula is C17H14FNO2. The van der Waals surface area contributed by atoms with Crippen molar-refractivity contribution < 1.29 is 13.9 Å². The molecular weight excluding hydrogens is 269 g/mol. The Bertz CT molecular complexity index is 786. The van der Waals surface area contributed by atoms with Gasteiger partial charge in [0.15, 0.2) is 5.78 Å². The summed E-state index contributed by atoms with van der Waals surface area (Å²) in [6.45, 7) is 1.92. The van der Waals surface area contributed by atoms with Crippen LogP contribution in [0.5, 0.6) is 5.75 Å². The van der Waals surface area contributed by atoms with Crippen LogP contribution < -0.4 is 9.64 Å². The Labute approximate surface area is 122 Å². The number of methoxy groups -OCH3 is 1. The molecule has 4 heteroatoms. The zero-order valence-corrected chi connectivity index (χ0v) is 11.8. The number of carbonyl (C=O) groups is 1. The van der Waals surface area contributed by atoms with E-state index in [4.69, 9.17) is 4.74 Å². The van der Waals surface area contributed by atoms with Gasteiger partial charge in [0.2, 0.25) is 0 Å². The highest BCUT2D eigenvalue weighted by Gasteiger charge is 2.53. The van der Waals surface area contributed by atoms with E-state index in [9.17, 15) is 9.18 Å². The van der Waals surface area contributed by atoms with E-state index >= 15 is 0 Å². The Hall–Kier alpha value is -2.36. The zero-order valence-electron chi connectivity index (χ0n) is 11.8. The molecule has 2 aliphatic rings. The molecule has 0 amide bonds. The van der Waals surface area contributed by atoms with E-state index in [0.717, 1.165) is 22.7 Å². The number of benzene rings is 2. The van der Waals surface area contributed by atoms with Crippen LogP contribution in [0.1, 0.15) is 22.8 Å². The van der Waals surface area contributed by atoms with Crippen LogP contribution in [-0.4, -0.2) is 18.4 Å². The van der Waals surface area contributed by atoms with Gasteiger partial charge in [-0.05, 0) is 36.8 Å². The summed E-state index contributed by atoms with van der Waals surface area (Å²) in [7, 11) is 1.62. The second kappa shape index (κ2) is 3.85. The predicted molar refractivity (Wildman–Crippen MR) is 78.0 cm³/mol. The number of nitrogens with zero attached hydrogens (tertiary/aromatic N) is 1. The number of halogens is 1. The van der Waals surface area contributed by atoms with E-state index in [1.165, 1.54) is 12.1 Å². The van der Waals surface area contributed by atoms with Gasteiger partial charge in [-0.1, -0.05) is 6.07 Å². The Morgan fingerprint density at radius 1 is 1.19 bits per heavy atom. The van der Waals surface area contributed by atoms with Crippen LogP contribution in [0, 0.1) is 5.82 Å². The van der Waals surface area contributed by atoms with Crippen LogP contribution >= 0.6 is 0 Å². The summed E-state index contributed by atoms with van der Waals surface area (Å²) in [5, 5.41) is 0. The summed E-state index contributed by atoms with van der Waals surface area (Å²) in [6.07, 6.45) is 0.626. The second-order valence-corrected chi connectivity index (χ2v) is 5.77. The molecule has 2 aromatic carbocycles. The number of hydrogen-bond donors (Lipinski definition) is 0. The van der Waals surface area contributed by atoms with E-state index in [1.807, 2.05) is 30.0 Å². The molecule has 106 valence electrons. The molecule has 0 aromatic heterocycles. The lowest BCUT2D eigenvalue weighted by molar-refractivity contribution is 0.0922. The van der Waals surface area contributed by atoms with E-state index in [1.54, 1.807) is 13.2 Å². The third kappa shape index (κ3) is 1.45. The molecule has 0 bridgehead atoms. The average Bonchev–Trinajstić information content (AvgIpc) is 2.88. The van der Waals surface area contributed by atoms with Crippen LogP contribution in [0.4, 0.5) is 15.8 Å². The lowest BCUT2D eigenvalue weighted by Crippen LogP contribution is -2.42. The van der Waals surface area contributed by atoms with Gasteiger partial charge < -0.3 is 9.64 Å². The van der Waals surface area contributed by atoms with Gasteiger partial charge in [-0.2, -0.15) is 0 Å². The normalized spacial score (nSPS) is 22.0. The summed E-state index contributed by atoms with van der Waals surface area (Å²) in [6, 6.07) is 10.3. The Morgan fingerprint density at radius 3 is 2.76 bits per heavy atom. The third-order valence-corrected chi connectivity index (χ3v) is 4.49. The molecule has 0 radical (unpaired) electrons. The number of hydrogen-bond acceptors (Lipinski definition) is 3. The van der Waals surface area contributed by atoms with Gasteiger partial charge in [0.05, 0.1) is 12.8 Å². The maximum atomic E-state index is 13.5. The number of Topliss-reactive ketones (excluding diaryl/α,β-unsaturated/α-hetero) is 1. The summed E-state index contributed by atoms with van der Waals surface area (Å²) < 4.78 is 18.7. The quantitative estimate of drug-likeness (QED) is 0.802. The highest BCUT2D eigenvalue weighted by molar-refractivity contribution is 6.17. The minimum absolute atomic E-state index is 0.0211. The van der Waals surface area contributed by atoms with Crippen molar-refractivity contribution in [2.24, 2.45) is 0 Å². The van der Waals surface area contributed by atoms with Gasteiger partial charge in [-0.25, -0.2) is 4.39 Å². The lowest BCUT2D eigenvalue weighted by atomic mass is 9.91. The van der Waals surface area contributed by atoms with Gasteiger partial charge in [0.25, 0.3) is 0 Å². The fourth-order valence-corrected chi connectivity index (χ4v) is 3.50. The molecule has 0 aliphatic carbocycles. The predicted octanol–water partition coefficient (Wildman–Crippen LogP) is 3.48. The number of ether oxygens (including phenoxy) is 1. The van der Waals surface area contributed by atoms with Crippen molar-refractivity contribution in [3.8, 4) is 5.75 Å². The first-order valence-electron chi connectivity index (χ1n) is 6.86. The second-order valence-electron chi connectivity index (χ2n) is 5.77. The first kappa shape index (κ1) is 12.4. The van der Waals surface area contributed by atoms with Crippen molar-refractivity contribution in [3.63, 3.8) is 0 Å². The van der Waals surface area contributed by atoms with Crippen LogP contribution in [0.25, 0.3) is 0 Å². The smallest absolute Gasteiger partial charge is 0.190 e. The molecule has 2 aromatic rings. The van der Waals surface area contributed by atoms with E-state index < -0.39 is 5.54 Å². The highest BCUT2D eigenvalue weighted by atomic mass is 19.1. The van der Waals surface area contributed by atoms with E-state index in [-0.39, 0.29) is 11.6 Å². The van der Waals surface area contributed by atoms with Crippen molar-refractivity contribution in [3.05, 3.63) is 53.3 Å². The Kier molecular flexibility index (Phi) is 2.27. The maximum Gasteiger partial charge on any atom is 0.190 e. The Morgan fingerprint density at radius 2 is 2.00 bits per heavy atom. The molecule has 0 fully saturated rings. The number of anilines is 2. The molecule has 0 saturated heterocycles. The van der Waals surface area contributed by atoms with Gasteiger partial charge in [0.1, 0.15) is 17.1 Å². The van der Waals surface area contributed by atoms with E-state index in [0.29, 0.717) is 12.0 Å². The highest BCUT2D eigenvalue weighted by Crippen LogP contribution is 2.52. The molecule has 1 unspecified atom stereocenters. The summed E-state index contributed by atoms with van der Waals surface area (Å²) >= 11 is 0. The number of fused-ring (bicyclic) bond motifs is 5. The van der Waals surface area contributed by atoms with Gasteiger partial charge in [-0.3, -0.25) is 4.79 Å². The summed E-state index contributed by atoms with van der Waals surface area (Å²) in [5.74, 6) is 0.353. The summed E-state index contributed by atoms with van der Waals surface area (Å²) in [5.41, 5.74) is 2.66. The minimum Gasteiger partial charge on any atom is -0.497 e. The Balaban J connectivity index is 1.97. The lowest BCUT2D eigenvalue weighted by Gasteiger charge is -2.28. The molecule has 0 N–H and O–H groups in total. The first-order chi connectivity index (χ1) is 10.0. The molecule has 21 heavy (non-hydrogen) atoms. The van der Waals surface area contributed by atoms with Crippen LogP contribution in [-0.2, 0) is 6.42 Å². The summed E-state index contributed by atoms with van der Waals surface area (Å²) in [4.78, 5) is 14.8. The van der Waals surface area contributed by atoms with Crippen LogP contribution in [0.2, 0.25) is 0 Å². The molecule has 0 spiro atoms. The van der Waals surface area contributed by atoms with Gasteiger partial charge in [0, 0.05) is 23.7 Å². The van der Waals surface area contributed by atoms with Crippen LogP contribution in [0.15, 0.2) is 36.4 Å². The average molecular weight is 283 g/mol. The first-order valence-corrected chi connectivity index (χ1v) is 6.86. The van der Waals surface area contributed by atoms with Gasteiger partial charge in [-0.15, -0.1) is 0 Å². The fourth-order valence-electron chi connectivity index (χ4n) is 3.50. The third-order valence-electron chi connectivity index (χ3n) is 4.49. The van der Waals surface area contributed by atoms with E-state index in [2.05, 4.69) is 0 Å². The van der Waals surface area contributed by atoms with Crippen molar-refractivity contribution in [1.29, 1.82) is 0 Å². The van der Waals surface area contributed by atoms with Crippen molar-refractivity contribution >= 4 is 17.2 Å².